The number of fused-ring (bicyclic) bond motifs is 1. The van der Waals surface area contributed by atoms with Gasteiger partial charge in [0, 0.05) is 16.8 Å². The average molecular weight is 365 g/mol. The molecule has 0 aliphatic carbocycles. The van der Waals surface area contributed by atoms with Gasteiger partial charge in [-0.2, -0.15) is 4.52 Å². The highest BCUT2D eigenvalue weighted by molar-refractivity contribution is 7.20. The molecule has 6 nitrogen and oxygen atoms in total. The molecule has 2 N–H and O–H groups in total. The third-order valence-electron chi connectivity index (χ3n) is 3.56. The van der Waals surface area contributed by atoms with Gasteiger partial charge in [-0.3, -0.25) is 4.79 Å². The zero-order chi connectivity index (χ0) is 17.1. The Morgan fingerprint density at radius 2 is 2.12 bits per heavy atom. The molecular formula is C16H17ClN4O2S. The van der Waals surface area contributed by atoms with Crippen molar-refractivity contribution < 1.29 is 5.11 Å². The highest BCUT2D eigenvalue weighted by Gasteiger charge is 2.14. The van der Waals surface area contributed by atoms with Gasteiger partial charge in [0.25, 0.3) is 5.56 Å². The summed E-state index contributed by atoms with van der Waals surface area (Å²) in [5.41, 5.74) is 1.46. The molecule has 0 saturated carbocycles. The van der Waals surface area contributed by atoms with Crippen LogP contribution in [0.5, 0.6) is 0 Å². The Morgan fingerprint density at radius 1 is 1.38 bits per heavy atom. The lowest BCUT2D eigenvalue weighted by atomic mass is 10.1. The summed E-state index contributed by atoms with van der Waals surface area (Å²) < 4.78 is 1.28. The van der Waals surface area contributed by atoms with E-state index >= 15 is 0 Å². The van der Waals surface area contributed by atoms with Crippen molar-refractivity contribution in [2.24, 2.45) is 0 Å². The summed E-state index contributed by atoms with van der Waals surface area (Å²) in [5, 5.41) is 18.2. The number of nitrogens with zero attached hydrogens (tertiary/aromatic N) is 3. The summed E-state index contributed by atoms with van der Waals surface area (Å²) in [6, 6.07) is 8.39. The van der Waals surface area contributed by atoms with Crippen LogP contribution in [-0.4, -0.2) is 26.3 Å². The van der Waals surface area contributed by atoms with Crippen molar-refractivity contribution in [3.8, 4) is 0 Å². The lowest BCUT2D eigenvalue weighted by molar-refractivity contribution is 0.276. The maximum atomic E-state index is 12.1. The summed E-state index contributed by atoms with van der Waals surface area (Å²) >= 11 is 7.18. The van der Waals surface area contributed by atoms with Crippen molar-refractivity contribution >= 4 is 33.0 Å². The zero-order valence-corrected chi connectivity index (χ0v) is 14.6. The number of aliphatic hydroxyl groups excluding tert-OH is 1. The number of halogens is 1. The highest BCUT2D eigenvalue weighted by Crippen LogP contribution is 2.24. The van der Waals surface area contributed by atoms with Gasteiger partial charge in [0.1, 0.15) is 0 Å². The van der Waals surface area contributed by atoms with E-state index in [0.717, 1.165) is 24.1 Å². The van der Waals surface area contributed by atoms with Crippen LogP contribution in [-0.2, 0) is 6.42 Å². The van der Waals surface area contributed by atoms with E-state index in [4.69, 9.17) is 11.6 Å². The van der Waals surface area contributed by atoms with Gasteiger partial charge < -0.3 is 10.4 Å². The molecule has 0 aliphatic rings. The van der Waals surface area contributed by atoms with Gasteiger partial charge in [0.15, 0.2) is 0 Å². The van der Waals surface area contributed by atoms with Crippen LogP contribution in [0.3, 0.4) is 0 Å². The number of hydrogen-bond acceptors (Lipinski definition) is 6. The van der Waals surface area contributed by atoms with Crippen molar-refractivity contribution in [1.29, 1.82) is 0 Å². The average Bonchev–Trinajstić information content (AvgIpc) is 2.97. The Hall–Kier alpha value is -1.96. The van der Waals surface area contributed by atoms with E-state index in [0.29, 0.717) is 15.1 Å². The molecular weight excluding hydrogens is 348 g/mol. The van der Waals surface area contributed by atoms with E-state index < -0.39 is 0 Å². The molecule has 0 bridgehead atoms. The number of aliphatic hydroxyl groups is 1. The van der Waals surface area contributed by atoms with E-state index in [2.05, 4.69) is 15.4 Å². The Bertz CT molecular complexity index is 891. The molecule has 24 heavy (non-hydrogen) atoms. The molecule has 3 rings (SSSR count). The number of benzene rings is 1. The quantitative estimate of drug-likeness (QED) is 0.703. The lowest BCUT2D eigenvalue weighted by Gasteiger charge is -2.15. The van der Waals surface area contributed by atoms with Crippen LogP contribution in [0.15, 0.2) is 35.1 Å². The minimum Gasteiger partial charge on any atom is -0.394 e. The molecule has 3 aromatic rings. The molecule has 1 unspecified atom stereocenters. The van der Waals surface area contributed by atoms with Crippen LogP contribution in [0.1, 0.15) is 30.6 Å². The summed E-state index contributed by atoms with van der Waals surface area (Å²) in [7, 11) is 0. The minimum absolute atomic E-state index is 0.110. The molecule has 0 amide bonds. The smallest absolute Gasteiger partial charge is 0.275 e. The van der Waals surface area contributed by atoms with Gasteiger partial charge >= 0.3 is 0 Å². The van der Waals surface area contributed by atoms with Crippen LogP contribution in [0.2, 0.25) is 5.02 Å². The summed E-state index contributed by atoms with van der Waals surface area (Å²) in [6.07, 6.45) is 1.69. The third kappa shape index (κ3) is 3.58. The second kappa shape index (κ2) is 7.29. The van der Waals surface area contributed by atoms with E-state index in [1.54, 1.807) is 12.1 Å². The fourth-order valence-corrected chi connectivity index (χ4v) is 3.38. The van der Waals surface area contributed by atoms with Crippen LogP contribution in [0, 0.1) is 0 Å². The summed E-state index contributed by atoms with van der Waals surface area (Å²) in [4.78, 5) is 17.1. The highest BCUT2D eigenvalue weighted by atomic mass is 35.5. The molecule has 0 saturated heterocycles. The second-order valence-corrected chi connectivity index (χ2v) is 6.76. The molecule has 2 aromatic heterocycles. The first-order valence-corrected chi connectivity index (χ1v) is 8.83. The lowest BCUT2D eigenvalue weighted by Crippen LogP contribution is -2.17. The van der Waals surface area contributed by atoms with Gasteiger partial charge in [0.05, 0.1) is 12.6 Å². The number of rotatable bonds is 6. The monoisotopic (exact) mass is 364 g/mol. The number of aryl methyl sites for hydroxylation is 1. The van der Waals surface area contributed by atoms with Crippen LogP contribution in [0.4, 0.5) is 5.13 Å². The van der Waals surface area contributed by atoms with Gasteiger partial charge in [-0.15, -0.1) is 5.10 Å². The first-order chi connectivity index (χ1) is 11.6. The molecule has 1 atom stereocenters. The van der Waals surface area contributed by atoms with E-state index in [1.165, 1.54) is 21.9 Å². The summed E-state index contributed by atoms with van der Waals surface area (Å²) in [6.45, 7) is 1.93. The number of nitrogens with one attached hydrogen (secondary N) is 1. The van der Waals surface area contributed by atoms with Crippen molar-refractivity contribution in [2.45, 2.75) is 25.8 Å². The van der Waals surface area contributed by atoms with E-state index in [-0.39, 0.29) is 18.2 Å². The molecule has 0 spiro atoms. The third-order valence-corrected chi connectivity index (χ3v) is 4.65. The molecule has 0 aliphatic heterocycles. The van der Waals surface area contributed by atoms with Crippen LogP contribution < -0.4 is 10.9 Å². The number of hydrogen-bond donors (Lipinski definition) is 2. The fourth-order valence-electron chi connectivity index (χ4n) is 2.38. The van der Waals surface area contributed by atoms with E-state index in [9.17, 15) is 9.90 Å². The van der Waals surface area contributed by atoms with Crippen molar-refractivity contribution in [2.75, 3.05) is 11.9 Å². The first-order valence-electron chi connectivity index (χ1n) is 7.63. The molecule has 2 heterocycles. The normalized spacial score (nSPS) is 12.5. The predicted molar refractivity (Wildman–Crippen MR) is 96.0 cm³/mol. The Balaban J connectivity index is 1.89. The second-order valence-electron chi connectivity index (χ2n) is 5.37. The van der Waals surface area contributed by atoms with Crippen molar-refractivity contribution in [3.05, 3.63) is 57.0 Å². The number of aromatic nitrogens is 3. The minimum atomic E-state index is -0.339. The summed E-state index contributed by atoms with van der Waals surface area (Å²) in [5.74, 6) is 0. The Morgan fingerprint density at radius 3 is 2.79 bits per heavy atom. The van der Waals surface area contributed by atoms with Crippen LogP contribution in [0.25, 0.3) is 4.96 Å². The maximum absolute atomic E-state index is 12.1. The molecule has 126 valence electrons. The zero-order valence-electron chi connectivity index (χ0n) is 13.1. The van der Waals surface area contributed by atoms with Gasteiger partial charge in [0.2, 0.25) is 10.1 Å². The largest absolute Gasteiger partial charge is 0.394 e. The maximum Gasteiger partial charge on any atom is 0.275 e. The van der Waals surface area contributed by atoms with Crippen LogP contribution >= 0.6 is 22.9 Å². The Kier molecular flexibility index (Phi) is 5.13. The van der Waals surface area contributed by atoms with E-state index in [1.807, 2.05) is 19.1 Å². The number of anilines is 1. The van der Waals surface area contributed by atoms with Gasteiger partial charge in [-0.05, 0) is 24.1 Å². The molecule has 1 aromatic carbocycles. The Labute approximate surface area is 147 Å². The van der Waals surface area contributed by atoms with Gasteiger partial charge in [-0.25, -0.2) is 4.98 Å². The molecule has 8 heteroatoms. The predicted octanol–water partition coefficient (Wildman–Crippen LogP) is 2.90. The molecule has 0 radical (unpaired) electrons. The standard InChI is InChI=1S/C16H17ClN4O2S/c1-2-3-12-8-14(23)21-16(18-12)24-15(20-21)19-13(9-22)10-4-6-11(17)7-5-10/h4-8,13,22H,2-3,9H2,1H3,(H,19,20). The topological polar surface area (TPSA) is 79.5 Å². The SMILES string of the molecule is CCCc1cc(=O)n2nc(NC(CO)c3ccc(Cl)cc3)sc2n1. The van der Waals surface area contributed by atoms with Crippen molar-refractivity contribution in [3.63, 3.8) is 0 Å². The van der Waals surface area contributed by atoms with Crippen molar-refractivity contribution in [1.82, 2.24) is 14.6 Å². The fraction of sp³-hybridized carbons (Fsp3) is 0.312. The first kappa shape index (κ1) is 16.9. The van der Waals surface area contributed by atoms with Gasteiger partial charge in [-0.1, -0.05) is 48.4 Å². The molecule has 0 fully saturated rings.